The minimum Gasteiger partial charge on any atom is -0.353 e. The summed E-state index contributed by atoms with van der Waals surface area (Å²) in [7, 11) is 0. The number of nitrogens with zero attached hydrogens (tertiary/aromatic N) is 1. The van der Waals surface area contributed by atoms with Gasteiger partial charge in [0, 0.05) is 22.7 Å². The number of hydrogen-bond acceptors (Lipinski definition) is 2. The van der Waals surface area contributed by atoms with Crippen molar-refractivity contribution in [3.63, 3.8) is 0 Å². The van der Waals surface area contributed by atoms with Gasteiger partial charge in [-0.1, -0.05) is 0 Å². The van der Waals surface area contributed by atoms with Crippen LogP contribution in [0.2, 0.25) is 0 Å². The van der Waals surface area contributed by atoms with Gasteiger partial charge in [0.15, 0.2) is 0 Å². The Morgan fingerprint density at radius 2 is 2.29 bits per heavy atom. The fourth-order valence-corrected chi connectivity index (χ4v) is 2.90. The highest BCUT2D eigenvalue weighted by molar-refractivity contribution is 7.12. The van der Waals surface area contributed by atoms with Crippen LogP contribution in [0.5, 0.6) is 0 Å². The SMILES string of the molecule is Cc1ccc(C(C)N2CCCC2=N)s1. The fraction of sp³-hybridized carbons (Fsp3) is 0.545. The second-order valence-electron chi connectivity index (χ2n) is 3.87. The Bertz CT molecular complexity index is 343. The zero-order valence-corrected chi connectivity index (χ0v) is 9.53. The molecule has 14 heavy (non-hydrogen) atoms. The number of rotatable bonds is 2. The molecule has 2 heterocycles. The second-order valence-corrected chi connectivity index (χ2v) is 5.19. The first-order valence-electron chi connectivity index (χ1n) is 5.09. The van der Waals surface area contributed by atoms with Crippen molar-refractivity contribution >= 4 is 17.2 Å². The van der Waals surface area contributed by atoms with E-state index in [0.29, 0.717) is 6.04 Å². The van der Waals surface area contributed by atoms with Crippen molar-refractivity contribution < 1.29 is 0 Å². The molecule has 0 spiro atoms. The van der Waals surface area contributed by atoms with Gasteiger partial charge in [0.25, 0.3) is 0 Å². The van der Waals surface area contributed by atoms with E-state index >= 15 is 0 Å². The minimum absolute atomic E-state index is 0.392. The average Bonchev–Trinajstić information content (AvgIpc) is 2.73. The van der Waals surface area contributed by atoms with Crippen LogP contribution in [-0.2, 0) is 0 Å². The average molecular weight is 208 g/mol. The molecule has 1 aromatic rings. The van der Waals surface area contributed by atoms with Crippen LogP contribution in [0.1, 0.15) is 35.6 Å². The predicted octanol–water partition coefficient (Wildman–Crippen LogP) is 3.19. The van der Waals surface area contributed by atoms with E-state index in [-0.39, 0.29) is 0 Å². The lowest BCUT2D eigenvalue weighted by molar-refractivity contribution is 0.367. The molecular formula is C11H16N2S. The lowest BCUT2D eigenvalue weighted by atomic mass is 10.2. The van der Waals surface area contributed by atoms with E-state index in [1.54, 1.807) is 0 Å². The summed E-state index contributed by atoms with van der Waals surface area (Å²) < 4.78 is 0. The molecule has 1 aromatic heterocycles. The molecule has 1 atom stereocenters. The first-order valence-corrected chi connectivity index (χ1v) is 5.90. The van der Waals surface area contributed by atoms with Crippen LogP contribution < -0.4 is 0 Å². The second kappa shape index (κ2) is 3.73. The number of likely N-dealkylation sites (tertiary alicyclic amines) is 1. The van der Waals surface area contributed by atoms with Crippen LogP contribution >= 0.6 is 11.3 Å². The molecule has 0 bridgehead atoms. The van der Waals surface area contributed by atoms with Crippen LogP contribution in [0.4, 0.5) is 0 Å². The van der Waals surface area contributed by atoms with E-state index < -0.39 is 0 Å². The largest absolute Gasteiger partial charge is 0.353 e. The van der Waals surface area contributed by atoms with Crippen LogP contribution in [0.25, 0.3) is 0 Å². The Labute approximate surface area is 89.1 Å². The maximum atomic E-state index is 7.82. The van der Waals surface area contributed by atoms with Crippen LogP contribution in [0.3, 0.4) is 0 Å². The van der Waals surface area contributed by atoms with Crippen LogP contribution in [-0.4, -0.2) is 17.3 Å². The lowest BCUT2D eigenvalue weighted by Crippen LogP contribution is -2.26. The van der Waals surface area contributed by atoms with Gasteiger partial charge >= 0.3 is 0 Å². The van der Waals surface area contributed by atoms with Gasteiger partial charge in [0.05, 0.1) is 11.9 Å². The summed E-state index contributed by atoms with van der Waals surface area (Å²) in [6, 6.07) is 4.75. The monoisotopic (exact) mass is 208 g/mol. The van der Waals surface area contributed by atoms with Gasteiger partial charge in [-0.25, -0.2) is 0 Å². The molecule has 0 aromatic carbocycles. The summed E-state index contributed by atoms with van der Waals surface area (Å²) in [4.78, 5) is 4.96. The molecule has 1 saturated heterocycles. The van der Waals surface area contributed by atoms with Gasteiger partial charge < -0.3 is 4.90 Å². The number of amidine groups is 1. The Kier molecular flexibility index (Phi) is 2.59. The molecule has 2 rings (SSSR count). The molecule has 1 aliphatic heterocycles. The summed E-state index contributed by atoms with van der Waals surface area (Å²) in [5, 5.41) is 7.82. The highest BCUT2D eigenvalue weighted by Gasteiger charge is 2.23. The molecule has 0 radical (unpaired) electrons. The highest BCUT2D eigenvalue weighted by atomic mass is 32.1. The number of aryl methyl sites for hydroxylation is 1. The van der Waals surface area contributed by atoms with Crippen molar-refractivity contribution in [3.05, 3.63) is 21.9 Å². The molecule has 76 valence electrons. The van der Waals surface area contributed by atoms with E-state index in [1.165, 1.54) is 9.75 Å². The van der Waals surface area contributed by atoms with Crippen molar-refractivity contribution in [3.8, 4) is 0 Å². The Morgan fingerprint density at radius 3 is 2.79 bits per heavy atom. The predicted molar refractivity (Wildman–Crippen MR) is 61.1 cm³/mol. The standard InChI is InChI=1S/C11H16N2S/c1-8-5-6-10(14-8)9(2)13-7-3-4-11(13)12/h5-6,9,12H,3-4,7H2,1-2H3. The molecule has 2 nitrogen and oxygen atoms in total. The molecule has 1 fully saturated rings. The first-order chi connectivity index (χ1) is 6.68. The molecule has 1 N–H and O–H groups in total. The number of thiophene rings is 1. The minimum atomic E-state index is 0.392. The van der Waals surface area contributed by atoms with Gasteiger partial charge in [-0.15, -0.1) is 11.3 Å². The zero-order valence-electron chi connectivity index (χ0n) is 8.71. The van der Waals surface area contributed by atoms with Gasteiger partial charge in [0.1, 0.15) is 0 Å². The van der Waals surface area contributed by atoms with Crippen molar-refractivity contribution in [1.29, 1.82) is 5.41 Å². The topological polar surface area (TPSA) is 27.1 Å². The summed E-state index contributed by atoms with van der Waals surface area (Å²) in [5.41, 5.74) is 0. The van der Waals surface area contributed by atoms with E-state index in [4.69, 9.17) is 5.41 Å². The van der Waals surface area contributed by atoms with E-state index in [1.807, 2.05) is 11.3 Å². The summed E-state index contributed by atoms with van der Waals surface area (Å²) in [6.45, 7) is 5.39. The van der Waals surface area contributed by atoms with E-state index in [0.717, 1.165) is 25.2 Å². The van der Waals surface area contributed by atoms with Crippen LogP contribution in [0, 0.1) is 12.3 Å². The molecule has 0 amide bonds. The van der Waals surface area contributed by atoms with Crippen molar-refractivity contribution in [1.82, 2.24) is 4.90 Å². The first kappa shape index (κ1) is 9.71. The zero-order chi connectivity index (χ0) is 10.1. The molecule has 1 aliphatic rings. The smallest absolute Gasteiger partial charge is 0.0963 e. The van der Waals surface area contributed by atoms with Crippen LogP contribution in [0.15, 0.2) is 12.1 Å². The third-order valence-electron chi connectivity index (χ3n) is 2.80. The maximum absolute atomic E-state index is 7.82. The van der Waals surface area contributed by atoms with Gasteiger partial charge in [-0.2, -0.15) is 0 Å². The summed E-state index contributed by atoms with van der Waals surface area (Å²) in [6.07, 6.45) is 2.10. The van der Waals surface area contributed by atoms with Gasteiger partial charge in [-0.3, -0.25) is 5.41 Å². The van der Waals surface area contributed by atoms with Crippen molar-refractivity contribution in [2.45, 2.75) is 32.7 Å². The third kappa shape index (κ3) is 1.69. The Hall–Kier alpha value is -0.830. The molecule has 0 aliphatic carbocycles. The Balaban J connectivity index is 2.15. The normalized spacial score (nSPS) is 19.0. The number of hydrogen-bond donors (Lipinski definition) is 1. The van der Waals surface area contributed by atoms with Gasteiger partial charge in [0.2, 0.25) is 0 Å². The van der Waals surface area contributed by atoms with Crippen molar-refractivity contribution in [2.24, 2.45) is 0 Å². The molecule has 3 heteroatoms. The highest BCUT2D eigenvalue weighted by Crippen LogP contribution is 2.30. The molecule has 1 unspecified atom stereocenters. The lowest BCUT2D eigenvalue weighted by Gasteiger charge is -2.25. The molecule has 0 saturated carbocycles. The Morgan fingerprint density at radius 1 is 1.50 bits per heavy atom. The fourth-order valence-electron chi connectivity index (χ4n) is 1.95. The third-order valence-corrected chi connectivity index (χ3v) is 3.97. The summed E-state index contributed by atoms with van der Waals surface area (Å²) in [5.74, 6) is 0.809. The maximum Gasteiger partial charge on any atom is 0.0963 e. The molecular weight excluding hydrogens is 192 g/mol. The number of nitrogens with one attached hydrogen (secondary N) is 1. The van der Waals surface area contributed by atoms with Gasteiger partial charge in [-0.05, 0) is 32.4 Å². The quantitative estimate of drug-likeness (QED) is 0.794. The van der Waals surface area contributed by atoms with E-state index in [9.17, 15) is 0 Å². The van der Waals surface area contributed by atoms with E-state index in [2.05, 4.69) is 30.9 Å². The van der Waals surface area contributed by atoms with Crippen molar-refractivity contribution in [2.75, 3.05) is 6.54 Å². The summed E-state index contributed by atoms with van der Waals surface area (Å²) >= 11 is 1.85.